The summed E-state index contributed by atoms with van der Waals surface area (Å²) in [6.45, 7) is 0. The Morgan fingerprint density at radius 2 is 1.87 bits per heavy atom. The molecule has 82 valence electrons. The van der Waals surface area contributed by atoms with Gasteiger partial charge >= 0.3 is 6.18 Å². The second kappa shape index (κ2) is 3.80. The van der Waals surface area contributed by atoms with Gasteiger partial charge in [0.1, 0.15) is 11.5 Å². The first kappa shape index (κ1) is 11.4. The van der Waals surface area contributed by atoms with Gasteiger partial charge in [0.25, 0.3) is 0 Å². The Labute approximate surface area is 82.8 Å². The SMILES string of the molecule is O=C(Cc1cc(O)ccc1O)C(F)(F)F. The Hall–Kier alpha value is -1.72. The van der Waals surface area contributed by atoms with Gasteiger partial charge in [-0.25, -0.2) is 0 Å². The van der Waals surface area contributed by atoms with Crippen LogP contribution in [0.4, 0.5) is 13.2 Å². The molecular weight excluding hydrogens is 213 g/mol. The minimum absolute atomic E-state index is 0.252. The summed E-state index contributed by atoms with van der Waals surface area (Å²) in [7, 11) is 0. The van der Waals surface area contributed by atoms with Crippen molar-refractivity contribution in [2.45, 2.75) is 12.6 Å². The normalized spacial score (nSPS) is 11.4. The van der Waals surface area contributed by atoms with Gasteiger partial charge in [0.05, 0.1) is 0 Å². The summed E-state index contributed by atoms with van der Waals surface area (Å²) in [4.78, 5) is 10.6. The van der Waals surface area contributed by atoms with Crippen molar-refractivity contribution in [3.8, 4) is 11.5 Å². The molecule has 15 heavy (non-hydrogen) atoms. The van der Waals surface area contributed by atoms with Gasteiger partial charge in [0.15, 0.2) is 0 Å². The van der Waals surface area contributed by atoms with Crippen molar-refractivity contribution in [1.82, 2.24) is 0 Å². The van der Waals surface area contributed by atoms with Crippen molar-refractivity contribution >= 4 is 5.78 Å². The largest absolute Gasteiger partial charge is 0.508 e. The van der Waals surface area contributed by atoms with Crippen molar-refractivity contribution in [3.63, 3.8) is 0 Å². The maximum atomic E-state index is 11.9. The maximum Gasteiger partial charge on any atom is 0.450 e. The molecule has 0 aliphatic rings. The van der Waals surface area contributed by atoms with E-state index in [0.29, 0.717) is 0 Å². The molecule has 0 saturated heterocycles. The molecule has 0 aliphatic heterocycles. The third kappa shape index (κ3) is 2.87. The van der Waals surface area contributed by atoms with E-state index in [-0.39, 0.29) is 11.3 Å². The van der Waals surface area contributed by atoms with Crippen LogP contribution in [0.25, 0.3) is 0 Å². The van der Waals surface area contributed by atoms with Crippen molar-refractivity contribution in [2.24, 2.45) is 0 Å². The summed E-state index contributed by atoms with van der Waals surface area (Å²) in [5.74, 6) is -2.73. The number of halogens is 3. The first-order valence-corrected chi connectivity index (χ1v) is 3.91. The number of hydrogen-bond donors (Lipinski definition) is 2. The van der Waals surface area contributed by atoms with Crippen LogP contribution < -0.4 is 0 Å². The number of ketones is 1. The number of hydrogen-bond acceptors (Lipinski definition) is 3. The zero-order valence-electron chi connectivity index (χ0n) is 7.38. The highest BCUT2D eigenvalue weighted by Crippen LogP contribution is 2.26. The van der Waals surface area contributed by atoms with Gasteiger partial charge < -0.3 is 10.2 Å². The van der Waals surface area contributed by atoms with Crippen LogP contribution in [0.15, 0.2) is 18.2 Å². The number of alkyl halides is 3. The number of carbonyl (C=O) groups is 1. The lowest BCUT2D eigenvalue weighted by molar-refractivity contribution is -0.170. The lowest BCUT2D eigenvalue weighted by Gasteiger charge is -2.06. The number of benzene rings is 1. The van der Waals surface area contributed by atoms with E-state index in [2.05, 4.69) is 0 Å². The maximum absolute atomic E-state index is 11.9. The number of rotatable bonds is 2. The molecule has 0 spiro atoms. The standard InChI is InChI=1S/C9H7F3O3/c10-9(11,12)8(15)4-5-3-6(13)1-2-7(5)14/h1-3,13-14H,4H2. The highest BCUT2D eigenvalue weighted by Gasteiger charge is 2.38. The summed E-state index contributed by atoms with van der Waals surface area (Å²) in [6.07, 6.45) is -5.92. The van der Waals surface area contributed by atoms with Gasteiger partial charge in [-0.3, -0.25) is 4.79 Å². The zero-order valence-corrected chi connectivity index (χ0v) is 7.38. The molecule has 0 saturated carbocycles. The van der Waals surface area contributed by atoms with E-state index in [1.54, 1.807) is 0 Å². The van der Waals surface area contributed by atoms with Crippen molar-refractivity contribution in [3.05, 3.63) is 23.8 Å². The van der Waals surface area contributed by atoms with Crippen LogP contribution in [0.5, 0.6) is 11.5 Å². The van der Waals surface area contributed by atoms with E-state index in [4.69, 9.17) is 10.2 Å². The Bertz CT molecular complexity index is 385. The van der Waals surface area contributed by atoms with Crippen LogP contribution in [0.3, 0.4) is 0 Å². The third-order valence-corrected chi connectivity index (χ3v) is 1.73. The number of aromatic hydroxyl groups is 2. The van der Waals surface area contributed by atoms with Crippen molar-refractivity contribution in [2.75, 3.05) is 0 Å². The van der Waals surface area contributed by atoms with Crippen LogP contribution in [-0.4, -0.2) is 22.2 Å². The topological polar surface area (TPSA) is 57.5 Å². The quantitative estimate of drug-likeness (QED) is 0.747. The molecular formula is C9H7F3O3. The number of phenols is 2. The fourth-order valence-corrected chi connectivity index (χ4v) is 0.987. The van der Waals surface area contributed by atoms with Crippen LogP contribution in [0, 0.1) is 0 Å². The molecule has 0 aliphatic carbocycles. The van der Waals surface area contributed by atoms with Crippen LogP contribution in [0.1, 0.15) is 5.56 Å². The predicted octanol–water partition coefficient (Wildman–Crippen LogP) is 1.77. The Balaban J connectivity index is 2.90. The zero-order chi connectivity index (χ0) is 11.6. The smallest absolute Gasteiger partial charge is 0.450 e. The van der Waals surface area contributed by atoms with E-state index < -0.39 is 24.1 Å². The second-order valence-electron chi connectivity index (χ2n) is 2.91. The molecule has 0 heterocycles. The molecule has 0 unspecified atom stereocenters. The molecule has 0 radical (unpaired) electrons. The third-order valence-electron chi connectivity index (χ3n) is 1.73. The van der Waals surface area contributed by atoms with Crippen LogP contribution >= 0.6 is 0 Å². The van der Waals surface area contributed by atoms with Gasteiger partial charge in [-0.15, -0.1) is 0 Å². The molecule has 2 N–H and O–H groups in total. The molecule has 1 aromatic rings. The van der Waals surface area contributed by atoms with E-state index >= 15 is 0 Å². The van der Waals surface area contributed by atoms with Crippen molar-refractivity contribution < 1.29 is 28.2 Å². The highest BCUT2D eigenvalue weighted by atomic mass is 19.4. The highest BCUT2D eigenvalue weighted by molar-refractivity contribution is 5.86. The lowest BCUT2D eigenvalue weighted by atomic mass is 10.1. The minimum atomic E-state index is -4.93. The Kier molecular flexibility index (Phi) is 2.88. The first-order valence-electron chi connectivity index (χ1n) is 3.91. The van der Waals surface area contributed by atoms with Gasteiger partial charge in [0, 0.05) is 12.0 Å². The molecule has 0 fully saturated rings. The Morgan fingerprint density at radius 3 is 2.40 bits per heavy atom. The predicted molar refractivity (Wildman–Crippen MR) is 44.5 cm³/mol. The fourth-order valence-electron chi connectivity index (χ4n) is 0.987. The first-order chi connectivity index (χ1) is 6.80. The van der Waals surface area contributed by atoms with E-state index in [1.807, 2.05) is 0 Å². The van der Waals surface area contributed by atoms with E-state index in [0.717, 1.165) is 18.2 Å². The average molecular weight is 220 g/mol. The fraction of sp³-hybridized carbons (Fsp3) is 0.222. The summed E-state index contributed by atoms with van der Waals surface area (Å²) in [5.41, 5.74) is -0.252. The van der Waals surface area contributed by atoms with Crippen molar-refractivity contribution in [1.29, 1.82) is 0 Å². The van der Waals surface area contributed by atoms with Gasteiger partial charge in [-0.2, -0.15) is 13.2 Å². The molecule has 1 rings (SSSR count). The molecule has 6 heteroatoms. The average Bonchev–Trinajstić information content (AvgIpc) is 2.09. The summed E-state index contributed by atoms with van der Waals surface area (Å²) in [6, 6.07) is 3.05. The van der Waals surface area contributed by atoms with Crippen LogP contribution in [-0.2, 0) is 11.2 Å². The molecule has 0 aromatic heterocycles. The van der Waals surface area contributed by atoms with E-state index in [1.165, 1.54) is 0 Å². The number of carbonyl (C=O) groups excluding carboxylic acids is 1. The molecule has 1 aromatic carbocycles. The number of phenolic OH excluding ortho intramolecular Hbond substituents is 2. The second-order valence-corrected chi connectivity index (χ2v) is 2.91. The van der Waals surface area contributed by atoms with Gasteiger partial charge in [-0.05, 0) is 18.2 Å². The number of Topliss-reactive ketones (excluding diaryl/α,β-unsaturated/α-hetero) is 1. The molecule has 3 nitrogen and oxygen atoms in total. The van der Waals surface area contributed by atoms with Gasteiger partial charge in [-0.1, -0.05) is 0 Å². The van der Waals surface area contributed by atoms with Crippen LogP contribution in [0.2, 0.25) is 0 Å². The molecule has 0 bridgehead atoms. The van der Waals surface area contributed by atoms with E-state index in [9.17, 15) is 18.0 Å². The lowest BCUT2D eigenvalue weighted by Crippen LogP contribution is -2.24. The Morgan fingerprint density at radius 1 is 1.27 bits per heavy atom. The molecule has 0 atom stereocenters. The summed E-state index contributed by atoms with van der Waals surface area (Å²) in [5, 5.41) is 18.1. The minimum Gasteiger partial charge on any atom is -0.508 e. The molecule has 0 amide bonds. The summed E-state index contributed by atoms with van der Waals surface area (Å²) >= 11 is 0. The van der Waals surface area contributed by atoms with Gasteiger partial charge in [0.2, 0.25) is 5.78 Å². The summed E-state index contributed by atoms with van der Waals surface area (Å²) < 4.78 is 35.6. The monoisotopic (exact) mass is 220 g/mol.